The van der Waals surface area contributed by atoms with Gasteiger partial charge in [0.25, 0.3) is 5.91 Å². The van der Waals surface area contributed by atoms with E-state index in [9.17, 15) is 9.18 Å². The largest absolute Gasteiger partial charge is 0.493 e. The first-order valence-corrected chi connectivity index (χ1v) is 9.50. The molecule has 0 bridgehead atoms. The summed E-state index contributed by atoms with van der Waals surface area (Å²) in [5.41, 5.74) is 2.73. The van der Waals surface area contributed by atoms with Crippen molar-refractivity contribution in [1.82, 2.24) is 5.32 Å². The Kier molecular flexibility index (Phi) is 6.85. The first-order chi connectivity index (χ1) is 14.1. The summed E-state index contributed by atoms with van der Waals surface area (Å²) in [5, 5.41) is 2.95. The highest BCUT2D eigenvalue weighted by Gasteiger charge is 2.18. The Morgan fingerprint density at radius 3 is 2.34 bits per heavy atom. The molecule has 1 amide bonds. The van der Waals surface area contributed by atoms with Gasteiger partial charge in [-0.25, -0.2) is 4.39 Å². The first kappa shape index (κ1) is 20.4. The third-order valence-corrected chi connectivity index (χ3v) is 4.64. The monoisotopic (exact) mass is 393 g/mol. The Bertz CT molecular complexity index is 956. The smallest absolute Gasteiger partial charge is 0.258 e. The fourth-order valence-corrected chi connectivity index (χ4v) is 3.08. The van der Waals surface area contributed by atoms with E-state index in [1.807, 2.05) is 30.3 Å². The number of carbonyl (C=O) groups excluding carboxylic acids is 1. The van der Waals surface area contributed by atoms with E-state index >= 15 is 0 Å². The lowest BCUT2D eigenvalue weighted by molar-refractivity contribution is -0.123. The third kappa shape index (κ3) is 5.35. The summed E-state index contributed by atoms with van der Waals surface area (Å²) in [6.45, 7) is 1.90. The van der Waals surface area contributed by atoms with Crippen molar-refractivity contribution in [3.63, 3.8) is 0 Å². The third-order valence-electron chi connectivity index (χ3n) is 4.64. The number of aryl methyl sites for hydroxylation is 1. The fourth-order valence-electron chi connectivity index (χ4n) is 3.08. The molecule has 0 saturated carbocycles. The molecule has 0 spiro atoms. The summed E-state index contributed by atoms with van der Waals surface area (Å²) in [4.78, 5) is 12.6. The molecule has 0 radical (unpaired) electrons. The quantitative estimate of drug-likeness (QED) is 0.604. The molecule has 1 N–H and O–H groups in total. The molecular weight excluding hydrogens is 369 g/mol. The Morgan fingerprint density at radius 2 is 1.69 bits per heavy atom. The van der Waals surface area contributed by atoms with Crippen molar-refractivity contribution in [2.24, 2.45) is 0 Å². The second kappa shape index (κ2) is 9.73. The lowest BCUT2D eigenvalue weighted by atomic mass is 9.97. The molecule has 0 fully saturated rings. The zero-order chi connectivity index (χ0) is 20.6. The minimum atomic E-state index is -0.481. The lowest BCUT2D eigenvalue weighted by Crippen LogP contribution is -2.33. The number of hydrogen-bond acceptors (Lipinski definition) is 3. The van der Waals surface area contributed by atoms with Crippen molar-refractivity contribution in [1.29, 1.82) is 0 Å². The maximum atomic E-state index is 13.8. The summed E-state index contributed by atoms with van der Waals surface area (Å²) in [6.07, 6.45) is 0.921. The normalized spacial score (nSPS) is 11.6. The van der Waals surface area contributed by atoms with Gasteiger partial charge in [-0.05, 0) is 47.4 Å². The van der Waals surface area contributed by atoms with Crippen LogP contribution in [0.25, 0.3) is 0 Å². The zero-order valence-corrected chi connectivity index (χ0v) is 16.5. The molecule has 0 unspecified atom stereocenters. The van der Waals surface area contributed by atoms with Gasteiger partial charge in [0.15, 0.2) is 18.1 Å². The van der Waals surface area contributed by atoms with E-state index in [1.165, 1.54) is 17.7 Å². The van der Waals surface area contributed by atoms with Gasteiger partial charge in [0.2, 0.25) is 0 Å². The van der Waals surface area contributed by atoms with Crippen LogP contribution in [-0.4, -0.2) is 19.6 Å². The van der Waals surface area contributed by atoms with E-state index in [4.69, 9.17) is 9.47 Å². The minimum absolute atomic E-state index is 0.181. The van der Waals surface area contributed by atoms with Crippen LogP contribution in [0, 0.1) is 5.82 Å². The van der Waals surface area contributed by atoms with Crippen molar-refractivity contribution in [2.45, 2.75) is 19.4 Å². The number of nitrogens with one attached hydrogen (secondary N) is 1. The van der Waals surface area contributed by atoms with Crippen molar-refractivity contribution in [3.05, 3.63) is 95.3 Å². The fraction of sp³-hybridized carbons (Fsp3) is 0.208. The predicted octanol–water partition coefficient (Wildman–Crippen LogP) is 4.68. The molecule has 0 aliphatic heterocycles. The van der Waals surface area contributed by atoms with Crippen LogP contribution in [0.15, 0.2) is 72.8 Å². The minimum Gasteiger partial charge on any atom is -0.493 e. The summed E-state index contributed by atoms with van der Waals surface area (Å²) < 4.78 is 24.6. The van der Waals surface area contributed by atoms with Crippen molar-refractivity contribution < 1.29 is 18.7 Å². The molecule has 29 heavy (non-hydrogen) atoms. The number of amides is 1. The highest BCUT2D eigenvalue weighted by molar-refractivity contribution is 5.78. The van der Waals surface area contributed by atoms with E-state index in [1.54, 1.807) is 37.4 Å². The standard InChI is InChI=1S/C24H24FNO3/c1-3-17-11-13-18(14-12-17)24(19-7-6-8-20(25)15-19)26-23(27)16-29-22-10-5-4-9-21(22)28-2/h4-15,24H,3,16H2,1-2H3,(H,26,27)/t24-/m1/s1. The Balaban J connectivity index is 1.78. The van der Waals surface area contributed by atoms with Crippen LogP contribution in [-0.2, 0) is 11.2 Å². The summed E-state index contributed by atoms with van der Waals surface area (Å²) in [7, 11) is 1.54. The van der Waals surface area contributed by atoms with Gasteiger partial charge in [0.05, 0.1) is 13.2 Å². The topological polar surface area (TPSA) is 47.6 Å². The zero-order valence-electron chi connectivity index (χ0n) is 16.5. The maximum absolute atomic E-state index is 13.8. The first-order valence-electron chi connectivity index (χ1n) is 9.50. The van der Waals surface area contributed by atoms with Crippen molar-refractivity contribution in [3.8, 4) is 11.5 Å². The molecule has 0 aliphatic carbocycles. The number of carbonyl (C=O) groups is 1. The number of hydrogen-bond donors (Lipinski definition) is 1. The average Bonchev–Trinajstić information content (AvgIpc) is 2.76. The van der Waals surface area contributed by atoms with E-state index in [0.717, 1.165) is 12.0 Å². The van der Waals surface area contributed by atoms with Crippen LogP contribution >= 0.6 is 0 Å². The van der Waals surface area contributed by atoms with Crippen molar-refractivity contribution in [2.75, 3.05) is 13.7 Å². The van der Waals surface area contributed by atoms with E-state index < -0.39 is 6.04 Å². The molecule has 3 aromatic rings. The van der Waals surface area contributed by atoms with Gasteiger partial charge in [-0.1, -0.05) is 55.5 Å². The number of para-hydroxylation sites is 2. The van der Waals surface area contributed by atoms with Crippen LogP contribution < -0.4 is 14.8 Å². The van der Waals surface area contributed by atoms with E-state index in [0.29, 0.717) is 17.1 Å². The van der Waals surface area contributed by atoms with Crippen LogP contribution in [0.4, 0.5) is 4.39 Å². The van der Waals surface area contributed by atoms with Crippen LogP contribution in [0.5, 0.6) is 11.5 Å². The number of rotatable bonds is 8. The molecule has 3 aromatic carbocycles. The maximum Gasteiger partial charge on any atom is 0.258 e. The molecule has 0 saturated heterocycles. The summed E-state index contributed by atoms with van der Waals surface area (Å²) in [5.74, 6) is 0.374. The molecule has 150 valence electrons. The predicted molar refractivity (Wildman–Crippen MR) is 111 cm³/mol. The van der Waals surface area contributed by atoms with Crippen LogP contribution in [0.2, 0.25) is 0 Å². The van der Waals surface area contributed by atoms with Crippen molar-refractivity contribution >= 4 is 5.91 Å². The molecule has 4 nitrogen and oxygen atoms in total. The molecule has 1 atom stereocenters. The van der Waals surface area contributed by atoms with Crippen LogP contribution in [0.3, 0.4) is 0 Å². The number of halogens is 1. The number of methoxy groups -OCH3 is 1. The van der Waals surface area contributed by atoms with Gasteiger partial charge in [-0.3, -0.25) is 4.79 Å². The van der Waals surface area contributed by atoms with Gasteiger partial charge in [-0.15, -0.1) is 0 Å². The van der Waals surface area contributed by atoms with Gasteiger partial charge >= 0.3 is 0 Å². The Labute approximate surface area is 170 Å². The highest BCUT2D eigenvalue weighted by atomic mass is 19.1. The van der Waals surface area contributed by atoms with E-state index in [-0.39, 0.29) is 18.3 Å². The second-order valence-corrected chi connectivity index (χ2v) is 6.59. The van der Waals surface area contributed by atoms with Crippen LogP contribution in [0.1, 0.15) is 29.7 Å². The number of ether oxygens (including phenoxy) is 2. The van der Waals surface area contributed by atoms with E-state index in [2.05, 4.69) is 12.2 Å². The molecule has 3 rings (SSSR count). The highest BCUT2D eigenvalue weighted by Crippen LogP contribution is 2.26. The summed E-state index contributed by atoms with van der Waals surface area (Å²) in [6, 6.07) is 20.8. The van der Waals surface area contributed by atoms with Gasteiger partial charge in [0, 0.05) is 0 Å². The van der Waals surface area contributed by atoms with Gasteiger partial charge in [0.1, 0.15) is 5.82 Å². The van der Waals surface area contributed by atoms with Gasteiger partial charge in [-0.2, -0.15) is 0 Å². The SMILES string of the molecule is CCc1ccc([C@@H](NC(=O)COc2ccccc2OC)c2cccc(F)c2)cc1. The Hall–Kier alpha value is -3.34. The molecule has 5 heteroatoms. The second-order valence-electron chi connectivity index (χ2n) is 6.59. The molecular formula is C24H24FNO3. The molecule has 0 heterocycles. The average molecular weight is 393 g/mol. The lowest BCUT2D eigenvalue weighted by Gasteiger charge is -2.21. The Morgan fingerprint density at radius 1 is 0.966 bits per heavy atom. The van der Waals surface area contributed by atoms with Gasteiger partial charge < -0.3 is 14.8 Å². The molecule has 0 aliphatic rings. The molecule has 0 aromatic heterocycles. The summed E-state index contributed by atoms with van der Waals surface area (Å²) >= 11 is 0. The number of benzene rings is 3.